The Morgan fingerprint density at radius 1 is 1.23 bits per heavy atom. The van der Waals surface area contributed by atoms with Gasteiger partial charge in [0, 0.05) is 0 Å². The average Bonchev–Trinajstić information content (AvgIpc) is 2.16. The van der Waals surface area contributed by atoms with Crippen molar-refractivity contribution in [2.45, 2.75) is 0 Å². The predicted molar refractivity (Wildman–Crippen MR) is 48.8 cm³/mol. The van der Waals surface area contributed by atoms with Crippen molar-refractivity contribution >= 4 is 18.5 Å². The molecule has 4 nitrogen and oxygen atoms in total. The topological polar surface area (TPSA) is 72.5 Å². The molecule has 4 heteroatoms. The lowest BCUT2D eigenvalue weighted by molar-refractivity contribution is 0.0969. The lowest BCUT2D eigenvalue weighted by atomic mass is 10.1. The second-order valence-electron chi connectivity index (χ2n) is 2.37. The van der Waals surface area contributed by atoms with Gasteiger partial charge in [-0.25, -0.2) is 4.99 Å². The summed E-state index contributed by atoms with van der Waals surface area (Å²) in [4.78, 5) is 25.2. The van der Waals surface area contributed by atoms with Crippen LogP contribution in [0.1, 0.15) is 20.7 Å². The number of nitrogens with two attached hydrogens (primary N) is 1. The molecule has 0 unspecified atom stereocenters. The highest BCUT2D eigenvalue weighted by atomic mass is 16.2. The number of hydrogen-bond donors (Lipinski definition) is 1. The van der Waals surface area contributed by atoms with E-state index >= 15 is 0 Å². The minimum Gasteiger partial charge on any atom is -0.366 e. The van der Waals surface area contributed by atoms with Crippen LogP contribution in [0.4, 0.5) is 0 Å². The molecule has 1 rings (SSSR count). The molecule has 0 atom stereocenters. The number of nitrogens with zero attached hydrogens (tertiary/aromatic N) is 1. The first kappa shape index (κ1) is 9.12. The second-order valence-corrected chi connectivity index (χ2v) is 2.37. The summed E-state index contributed by atoms with van der Waals surface area (Å²) in [5, 5.41) is 0. The molecule has 0 saturated carbocycles. The summed E-state index contributed by atoms with van der Waals surface area (Å²) in [6.07, 6.45) is 0. The molecule has 0 bridgehead atoms. The fraction of sp³-hybridized carbons (Fsp3) is 0. The van der Waals surface area contributed by atoms with E-state index in [4.69, 9.17) is 5.73 Å². The van der Waals surface area contributed by atoms with E-state index < -0.39 is 11.8 Å². The third-order valence-corrected chi connectivity index (χ3v) is 1.57. The Balaban J connectivity index is 3.27. The maximum absolute atomic E-state index is 11.1. The quantitative estimate of drug-likeness (QED) is 0.671. The van der Waals surface area contributed by atoms with Crippen LogP contribution in [0.15, 0.2) is 29.3 Å². The molecule has 2 N–H and O–H groups in total. The number of benzene rings is 1. The number of amides is 2. The Morgan fingerprint density at radius 2 is 1.77 bits per heavy atom. The molecule has 1 aromatic rings. The Kier molecular flexibility index (Phi) is 2.54. The highest BCUT2D eigenvalue weighted by Crippen LogP contribution is 2.08. The fourth-order valence-electron chi connectivity index (χ4n) is 0.970. The minimum atomic E-state index is -0.646. The lowest BCUT2D eigenvalue weighted by Gasteiger charge is -2.00. The van der Waals surface area contributed by atoms with Gasteiger partial charge in [0.1, 0.15) is 0 Å². The van der Waals surface area contributed by atoms with E-state index in [2.05, 4.69) is 11.7 Å². The third kappa shape index (κ3) is 1.79. The van der Waals surface area contributed by atoms with Crippen LogP contribution < -0.4 is 5.73 Å². The van der Waals surface area contributed by atoms with Crippen molar-refractivity contribution in [3.8, 4) is 0 Å². The van der Waals surface area contributed by atoms with Gasteiger partial charge in [0.15, 0.2) is 0 Å². The predicted octanol–water partition coefficient (Wildman–Crippen LogP) is 0.626. The van der Waals surface area contributed by atoms with Gasteiger partial charge in [-0.2, -0.15) is 0 Å². The molecule has 2 amide bonds. The Bertz CT molecular complexity index is 372. The van der Waals surface area contributed by atoms with Crippen LogP contribution in [-0.2, 0) is 0 Å². The van der Waals surface area contributed by atoms with Crippen LogP contribution in [0.25, 0.3) is 0 Å². The standard InChI is InChI=1S/C9H8N2O2/c1-11-9(13)7-5-3-2-4-6(7)8(10)12/h2-5H,1H2,(H2,10,12). The molecule has 0 aliphatic rings. The van der Waals surface area contributed by atoms with Crippen molar-refractivity contribution in [3.63, 3.8) is 0 Å². The van der Waals surface area contributed by atoms with E-state index in [1.165, 1.54) is 12.1 Å². The van der Waals surface area contributed by atoms with Crippen LogP contribution in [0.3, 0.4) is 0 Å². The summed E-state index contributed by atoms with van der Waals surface area (Å²) >= 11 is 0. The Labute approximate surface area is 75.1 Å². The van der Waals surface area contributed by atoms with Crippen LogP contribution in [-0.4, -0.2) is 18.5 Å². The zero-order valence-corrected chi connectivity index (χ0v) is 6.86. The first-order chi connectivity index (χ1) is 6.16. The third-order valence-electron chi connectivity index (χ3n) is 1.57. The number of rotatable bonds is 2. The molecule has 13 heavy (non-hydrogen) atoms. The SMILES string of the molecule is C=NC(=O)c1ccccc1C(N)=O. The highest BCUT2D eigenvalue weighted by Gasteiger charge is 2.12. The van der Waals surface area contributed by atoms with Gasteiger partial charge >= 0.3 is 0 Å². The Morgan fingerprint density at radius 3 is 2.23 bits per heavy atom. The van der Waals surface area contributed by atoms with Gasteiger partial charge in [-0.3, -0.25) is 9.59 Å². The van der Waals surface area contributed by atoms with Gasteiger partial charge in [-0.1, -0.05) is 12.1 Å². The second kappa shape index (κ2) is 3.62. The van der Waals surface area contributed by atoms with Crippen molar-refractivity contribution in [1.29, 1.82) is 0 Å². The Hall–Kier alpha value is -1.97. The molecule has 0 spiro atoms. The number of primary amides is 1. The fourth-order valence-corrected chi connectivity index (χ4v) is 0.970. The van der Waals surface area contributed by atoms with Crippen LogP contribution >= 0.6 is 0 Å². The normalized spacial score (nSPS) is 9.23. The summed E-state index contributed by atoms with van der Waals surface area (Å²) in [5.74, 6) is -1.19. The highest BCUT2D eigenvalue weighted by molar-refractivity contribution is 6.07. The number of carbonyl (C=O) groups is 2. The van der Waals surface area contributed by atoms with Gasteiger partial charge in [-0.05, 0) is 18.9 Å². The van der Waals surface area contributed by atoms with Gasteiger partial charge < -0.3 is 5.73 Å². The van der Waals surface area contributed by atoms with Crippen molar-refractivity contribution in [2.24, 2.45) is 10.7 Å². The molecule has 0 aromatic heterocycles. The van der Waals surface area contributed by atoms with Crippen LogP contribution in [0, 0.1) is 0 Å². The number of aliphatic imine (C=N–C) groups is 1. The molecular formula is C9H8N2O2. The zero-order valence-electron chi connectivity index (χ0n) is 6.86. The van der Waals surface area contributed by atoms with Crippen molar-refractivity contribution in [3.05, 3.63) is 35.4 Å². The van der Waals surface area contributed by atoms with E-state index in [0.717, 1.165) is 0 Å². The summed E-state index contributed by atoms with van der Waals surface area (Å²) in [6, 6.07) is 6.21. The summed E-state index contributed by atoms with van der Waals surface area (Å²) < 4.78 is 0. The summed E-state index contributed by atoms with van der Waals surface area (Å²) in [6.45, 7) is 3.09. The molecule has 0 radical (unpaired) electrons. The molecular weight excluding hydrogens is 168 g/mol. The van der Waals surface area contributed by atoms with Gasteiger partial charge in [-0.15, -0.1) is 0 Å². The van der Waals surface area contributed by atoms with E-state index in [-0.39, 0.29) is 11.1 Å². The number of hydrogen-bond acceptors (Lipinski definition) is 2. The van der Waals surface area contributed by atoms with Crippen molar-refractivity contribution < 1.29 is 9.59 Å². The zero-order chi connectivity index (χ0) is 9.84. The van der Waals surface area contributed by atoms with Crippen LogP contribution in [0.2, 0.25) is 0 Å². The van der Waals surface area contributed by atoms with Gasteiger partial charge in [0.25, 0.3) is 5.91 Å². The molecule has 0 aliphatic heterocycles. The average molecular weight is 176 g/mol. The molecule has 0 heterocycles. The van der Waals surface area contributed by atoms with E-state index in [1.807, 2.05) is 0 Å². The first-order valence-corrected chi connectivity index (χ1v) is 3.56. The molecule has 1 aromatic carbocycles. The maximum Gasteiger partial charge on any atom is 0.277 e. The van der Waals surface area contributed by atoms with Crippen LogP contribution in [0.5, 0.6) is 0 Å². The number of carbonyl (C=O) groups excluding carboxylic acids is 2. The molecule has 0 fully saturated rings. The minimum absolute atomic E-state index is 0.167. The lowest BCUT2D eigenvalue weighted by Crippen LogP contribution is -2.15. The monoisotopic (exact) mass is 176 g/mol. The van der Waals surface area contributed by atoms with E-state index in [9.17, 15) is 9.59 Å². The molecule has 66 valence electrons. The summed E-state index contributed by atoms with van der Waals surface area (Å²) in [5.41, 5.74) is 5.41. The van der Waals surface area contributed by atoms with E-state index in [1.54, 1.807) is 12.1 Å². The van der Waals surface area contributed by atoms with Crippen molar-refractivity contribution in [1.82, 2.24) is 0 Å². The maximum atomic E-state index is 11.1. The van der Waals surface area contributed by atoms with E-state index in [0.29, 0.717) is 0 Å². The molecule has 0 aliphatic carbocycles. The summed E-state index contributed by atoms with van der Waals surface area (Å²) in [7, 11) is 0. The first-order valence-electron chi connectivity index (χ1n) is 3.56. The van der Waals surface area contributed by atoms with Gasteiger partial charge in [0.2, 0.25) is 5.91 Å². The van der Waals surface area contributed by atoms with Crippen molar-refractivity contribution in [2.75, 3.05) is 0 Å². The largest absolute Gasteiger partial charge is 0.366 e. The van der Waals surface area contributed by atoms with Gasteiger partial charge in [0.05, 0.1) is 11.1 Å². The smallest absolute Gasteiger partial charge is 0.277 e. The molecule has 0 saturated heterocycles.